The van der Waals surface area contributed by atoms with Crippen molar-refractivity contribution < 1.29 is 14.3 Å². The van der Waals surface area contributed by atoms with E-state index in [1.54, 1.807) is 24.9 Å². The minimum Gasteiger partial charge on any atom is -0.479 e. The monoisotopic (exact) mass is 338 g/mol. The van der Waals surface area contributed by atoms with Gasteiger partial charge in [-0.05, 0) is 31.5 Å². The predicted octanol–water partition coefficient (Wildman–Crippen LogP) is 2.77. The Morgan fingerprint density at radius 1 is 1.16 bits per heavy atom. The molecule has 5 heteroatoms. The number of ether oxygens (including phenoxy) is 1. The van der Waals surface area contributed by atoms with Crippen LogP contribution in [0.3, 0.4) is 0 Å². The summed E-state index contributed by atoms with van der Waals surface area (Å²) in [5.74, 6) is 0.317. The van der Waals surface area contributed by atoms with E-state index in [-0.39, 0.29) is 18.4 Å². The molecule has 130 valence electrons. The third kappa shape index (κ3) is 3.65. The van der Waals surface area contributed by atoms with E-state index in [4.69, 9.17) is 4.74 Å². The summed E-state index contributed by atoms with van der Waals surface area (Å²) in [6.07, 6.45) is -0.592. The largest absolute Gasteiger partial charge is 0.479 e. The number of carbonyl (C=O) groups is 2. The van der Waals surface area contributed by atoms with E-state index in [1.165, 1.54) is 10.5 Å². The van der Waals surface area contributed by atoms with E-state index in [0.717, 1.165) is 5.56 Å². The molecule has 0 saturated carbocycles. The maximum Gasteiger partial charge on any atom is 0.268 e. The Kier molecular flexibility index (Phi) is 4.74. The molecule has 2 aromatic carbocycles. The van der Waals surface area contributed by atoms with Crippen molar-refractivity contribution >= 4 is 17.5 Å². The van der Waals surface area contributed by atoms with E-state index >= 15 is 0 Å². The lowest BCUT2D eigenvalue weighted by molar-refractivity contribution is -0.132. The van der Waals surface area contributed by atoms with Crippen LogP contribution in [0.25, 0.3) is 0 Å². The Hall–Kier alpha value is -2.82. The fraction of sp³-hybridized carbons (Fsp3) is 0.300. The zero-order chi connectivity index (χ0) is 18.0. The molecule has 0 aliphatic carbocycles. The minimum absolute atomic E-state index is 0.00586. The molecule has 0 aromatic heterocycles. The third-order valence-electron chi connectivity index (χ3n) is 4.33. The number of fused-ring (bicyclic) bond motifs is 1. The summed E-state index contributed by atoms with van der Waals surface area (Å²) in [6, 6.07) is 15.4. The van der Waals surface area contributed by atoms with E-state index in [2.05, 4.69) is 0 Å². The zero-order valence-electron chi connectivity index (χ0n) is 14.7. The van der Waals surface area contributed by atoms with Gasteiger partial charge in [0, 0.05) is 13.6 Å². The van der Waals surface area contributed by atoms with Crippen LogP contribution < -0.4 is 9.64 Å². The van der Waals surface area contributed by atoms with Crippen LogP contribution in [0, 0.1) is 6.92 Å². The first kappa shape index (κ1) is 17.0. The Morgan fingerprint density at radius 2 is 1.84 bits per heavy atom. The Morgan fingerprint density at radius 3 is 2.56 bits per heavy atom. The first-order valence-electron chi connectivity index (χ1n) is 8.32. The van der Waals surface area contributed by atoms with Gasteiger partial charge < -0.3 is 9.64 Å². The number of carbonyl (C=O) groups excluding carboxylic acids is 2. The molecule has 1 aliphatic heterocycles. The molecule has 0 saturated heterocycles. The molecule has 2 amide bonds. The number of hydrogen-bond donors (Lipinski definition) is 0. The quantitative estimate of drug-likeness (QED) is 0.861. The molecule has 2 aromatic rings. The Labute approximate surface area is 147 Å². The van der Waals surface area contributed by atoms with E-state index in [1.807, 2.05) is 49.4 Å². The van der Waals surface area contributed by atoms with Gasteiger partial charge in [-0.15, -0.1) is 0 Å². The van der Waals surface area contributed by atoms with Gasteiger partial charge >= 0.3 is 0 Å². The van der Waals surface area contributed by atoms with E-state index in [0.29, 0.717) is 18.0 Å². The van der Waals surface area contributed by atoms with Gasteiger partial charge in [-0.3, -0.25) is 14.5 Å². The molecule has 0 fully saturated rings. The van der Waals surface area contributed by atoms with Crippen molar-refractivity contribution in [1.82, 2.24) is 4.90 Å². The molecule has 1 atom stereocenters. The molecular weight excluding hydrogens is 316 g/mol. The summed E-state index contributed by atoms with van der Waals surface area (Å²) in [5.41, 5.74) is 2.88. The van der Waals surface area contributed by atoms with Crippen LogP contribution in [0.5, 0.6) is 5.75 Å². The molecule has 25 heavy (non-hydrogen) atoms. The van der Waals surface area contributed by atoms with Crippen LogP contribution in [0.2, 0.25) is 0 Å². The highest BCUT2D eigenvalue weighted by Crippen LogP contribution is 2.33. The van der Waals surface area contributed by atoms with Gasteiger partial charge in [0.1, 0.15) is 12.3 Å². The van der Waals surface area contributed by atoms with E-state index in [9.17, 15) is 9.59 Å². The fourth-order valence-corrected chi connectivity index (χ4v) is 2.83. The van der Waals surface area contributed by atoms with Crippen molar-refractivity contribution in [2.75, 3.05) is 18.5 Å². The topological polar surface area (TPSA) is 49.9 Å². The minimum atomic E-state index is -0.592. The van der Waals surface area contributed by atoms with Gasteiger partial charge in [0.05, 0.1) is 5.69 Å². The second kappa shape index (κ2) is 6.97. The van der Waals surface area contributed by atoms with Crippen molar-refractivity contribution in [2.45, 2.75) is 26.5 Å². The van der Waals surface area contributed by atoms with Gasteiger partial charge in [0.15, 0.2) is 6.10 Å². The summed E-state index contributed by atoms with van der Waals surface area (Å²) < 4.78 is 5.61. The number of anilines is 1. The standard InChI is InChI=1S/C20H22N2O3/c1-14-8-10-16(11-9-14)12-21(3)19(23)13-22-17-6-4-5-7-18(17)25-15(2)20(22)24/h4-11,15H,12-13H2,1-3H3. The smallest absolute Gasteiger partial charge is 0.268 e. The molecule has 5 nitrogen and oxygen atoms in total. The van der Waals surface area contributed by atoms with Crippen molar-refractivity contribution in [3.05, 3.63) is 59.7 Å². The fourth-order valence-electron chi connectivity index (χ4n) is 2.83. The van der Waals surface area contributed by atoms with Crippen LogP contribution >= 0.6 is 0 Å². The van der Waals surface area contributed by atoms with Gasteiger partial charge in [0.25, 0.3) is 5.91 Å². The van der Waals surface area contributed by atoms with Crippen molar-refractivity contribution in [1.29, 1.82) is 0 Å². The summed E-state index contributed by atoms with van der Waals surface area (Å²) in [7, 11) is 1.75. The molecule has 0 bridgehead atoms. The van der Waals surface area contributed by atoms with Crippen LogP contribution in [0.4, 0.5) is 5.69 Å². The Bertz CT molecular complexity index is 786. The zero-order valence-corrected chi connectivity index (χ0v) is 14.7. The number of rotatable bonds is 4. The SMILES string of the molecule is Cc1ccc(CN(C)C(=O)CN2C(=O)C(C)Oc3ccccc32)cc1. The first-order chi connectivity index (χ1) is 12.0. The number of likely N-dealkylation sites (N-methyl/N-ethyl adjacent to an activating group) is 1. The van der Waals surface area contributed by atoms with Gasteiger partial charge in [-0.2, -0.15) is 0 Å². The second-order valence-corrected chi connectivity index (χ2v) is 6.39. The number of hydrogen-bond acceptors (Lipinski definition) is 3. The number of aryl methyl sites for hydroxylation is 1. The number of benzene rings is 2. The lowest BCUT2D eigenvalue weighted by atomic mass is 10.1. The highest BCUT2D eigenvalue weighted by atomic mass is 16.5. The van der Waals surface area contributed by atoms with Crippen LogP contribution in [0.15, 0.2) is 48.5 Å². The lowest BCUT2D eigenvalue weighted by Crippen LogP contribution is -2.48. The molecular formula is C20H22N2O3. The predicted molar refractivity (Wildman–Crippen MR) is 96.5 cm³/mol. The van der Waals surface area contributed by atoms with E-state index < -0.39 is 6.10 Å². The van der Waals surface area contributed by atoms with Crippen molar-refractivity contribution in [2.24, 2.45) is 0 Å². The normalized spacial score (nSPS) is 16.2. The lowest BCUT2D eigenvalue weighted by Gasteiger charge is -2.33. The average molecular weight is 338 g/mol. The van der Waals surface area contributed by atoms with Crippen molar-refractivity contribution in [3.63, 3.8) is 0 Å². The van der Waals surface area contributed by atoms with Gasteiger partial charge in [0.2, 0.25) is 5.91 Å². The highest BCUT2D eigenvalue weighted by molar-refractivity contribution is 6.03. The third-order valence-corrected chi connectivity index (χ3v) is 4.33. The number of para-hydroxylation sites is 2. The van der Waals surface area contributed by atoms with Crippen LogP contribution in [0.1, 0.15) is 18.1 Å². The Balaban J connectivity index is 1.73. The van der Waals surface area contributed by atoms with Crippen LogP contribution in [-0.4, -0.2) is 36.4 Å². The average Bonchev–Trinajstić information content (AvgIpc) is 2.60. The summed E-state index contributed by atoms with van der Waals surface area (Å²) in [4.78, 5) is 28.3. The number of nitrogens with zero attached hydrogens (tertiary/aromatic N) is 2. The molecule has 0 radical (unpaired) electrons. The maximum absolute atomic E-state index is 12.6. The molecule has 0 N–H and O–H groups in total. The number of amides is 2. The summed E-state index contributed by atoms with van der Waals surface area (Å²) in [5, 5.41) is 0. The van der Waals surface area contributed by atoms with Gasteiger partial charge in [-0.1, -0.05) is 42.0 Å². The molecule has 3 rings (SSSR count). The molecule has 0 spiro atoms. The van der Waals surface area contributed by atoms with Crippen LogP contribution in [-0.2, 0) is 16.1 Å². The molecule has 1 heterocycles. The molecule has 1 unspecified atom stereocenters. The van der Waals surface area contributed by atoms with Gasteiger partial charge in [-0.25, -0.2) is 0 Å². The van der Waals surface area contributed by atoms with Crippen molar-refractivity contribution in [3.8, 4) is 5.75 Å². The molecule has 1 aliphatic rings. The summed E-state index contributed by atoms with van der Waals surface area (Å²) in [6.45, 7) is 4.24. The second-order valence-electron chi connectivity index (χ2n) is 6.39. The maximum atomic E-state index is 12.6. The summed E-state index contributed by atoms with van der Waals surface area (Å²) >= 11 is 0. The first-order valence-corrected chi connectivity index (χ1v) is 8.32. The highest BCUT2D eigenvalue weighted by Gasteiger charge is 2.33.